The van der Waals surface area contributed by atoms with Gasteiger partial charge in [-0.15, -0.1) is 0 Å². The first-order chi connectivity index (χ1) is 8.11. The van der Waals surface area contributed by atoms with Crippen LogP contribution in [-0.2, 0) is 11.2 Å². The van der Waals surface area contributed by atoms with Crippen molar-refractivity contribution in [3.63, 3.8) is 0 Å². The Morgan fingerprint density at radius 3 is 2.82 bits per heavy atom. The highest BCUT2D eigenvalue weighted by Gasteiger charge is 2.21. The number of fused-ring (bicyclic) bond motifs is 1. The molecule has 2 rings (SSSR count). The Morgan fingerprint density at radius 1 is 1.41 bits per heavy atom. The summed E-state index contributed by atoms with van der Waals surface area (Å²) < 4.78 is 0. The summed E-state index contributed by atoms with van der Waals surface area (Å²) in [4.78, 5) is 24.7. The van der Waals surface area contributed by atoms with E-state index in [9.17, 15) is 9.59 Å². The molecule has 0 aliphatic carbocycles. The van der Waals surface area contributed by atoms with E-state index in [4.69, 9.17) is 0 Å². The summed E-state index contributed by atoms with van der Waals surface area (Å²) in [6, 6.07) is 5.69. The molecule has 17 heavy (non-hydrogen) atoms. The summed E-state index contributed by atoms with van der Waals surface area (Å²) in [5, 5.41) is 2.62. The number of nitrogens with zero attached hydrogens (tertiary/aromatic N) is 1. The Morgan fingerprint density at radius 2 is 2.18 bits per heavy atom. The van der Waals surface area contributed by atoms with Crippen molar-refractivity contribution in [2.45, 2.75) is 13.3 Å². The highest BCUT2D eigenvalue weighted by atomic mass is 16.2. The van der Waals surface area contributed by atoms with E-state index in [0.29, 0.717) is 6.54 Å². The Hall–Kier alpha value is -1.84. The van der Waals surface area contributed by atoms with Gasteiger partial charge in [-0.05, 0) is 37.1 Å². The molecular formula is C13H16N2O2. The van der Waals surface area contributed by atoms with Gasteiger partial charge in [-0.3, -0.25) is 9.59 Å². The molecule has 0 saturated carbocycles. The number of nitrogens with one attached hydrogen (secondary N) is 1. The lowest BCUT2D eigenvalue weighted by Gasteiger charge is -2.18. The van der Waals surface area contributed by atoms with E-state index in [0.717, 1.165) is 29.8 Å². The van der Waals surface area contributed by atoms with E-state index in [-0.39, 0.29) is 11.7 Å². The van der Waals surface area contributed by atoms with Gasteiger partial charge in [-0.2, -0.15) is 0 Å². The van der Waals surface area contributed by atoms with E-state index >= 15 is 0 Å². The Kier molecular flexibility index (Phi) is 3.13. The number of anilines is 1. The first-order valence-electron chi connectivity index (χ1n) is 5.71. The number of carbonyl (C=O) groups is 2. The van der Waals surface area contributed by atoms with Crippen molar-refractivity contribution in [1.82, 2.24) is 5.32 Å². The van der Waals surface area contributed by atoms with Crippen molar-refractivity contribution in [1.29, 1.82) is 0 Å². The van der Waals surface area contributed by atoms with E-state index in [1.807, 2.05) is 23.1 Å². The molecule has 0 atom stereocenters. The zero-order valence-electron chi connectivity index (χ0n) is 10.1. The highest BCUT2D eigenvalue weighted by molar-refractivity contribution is 5.95. The molecule has 0 bridgehead atoms. The quantitative estimate of drug-likeness (QED) is 0.791. The van der Waals surface area contributed by atoms with E-state index in [1.54, 1.807) is 14.0 Å². The third kappa shape index (κ3) is 2.30. The molecule has 1 N–H and O–H groups in total. The number of carbonyl (C=O) groups excluding carboxylic acids is 2. The molecule has 1 amide bonds. The van der Waals surface area contributed by atoms with Gasteiger partial charge < -0.3 is 10.2 Å². The number of ketones is 1. The number of amides is 1. The Bertz CT molecular complexity index is 468. The van der Waals surface area contributed by atoms with Gasteiger partial charge in [0.15, 0.2) is 5.78 Å². The molecule has 0 fully saturated rings. The minimum Gasteiger partial charge on any atom is -0.362 e. The Balaban J connectivity index is 2.21. The highest BCUT2D eigenvalue weighted by Crippen LogP contribution is 2.28. The fourth-order valence-electron chi connectivity index (χ4n) is 2.11. The van der Waals surface area contributed by atoms with Gasteiger partial charge in [-0.25, -0.2) is 0 Å². The van der Waals surface area contributed by atoms with Crippen LogP contribution in [0.25, 0.3) is 0 Å². The van der Waals surface area contributed by atoms with Gasteiger partial charge in [0.1, 0.15) is 0 Å². The van der Waals surface area contributed by atoms with Crippen molar-refractivity contribution in [3.8, 4) is 0 Å². The van der Waals surface area contributed by atoms with E-state index in [1.165, 1.54) is 0 Å². The molecule has 0 saturated heterocycles. The summed E-state index contributed by atoms with van der Waals surface area (Å²) >= 11 is 0. The van der Waals surface area contributed by atoms with Gasteiger partial charge in [-0.1, -0.05) is 0 Å². The Labute approximate surface area is 101 Å². The van der Waals surface area contributed by atoms with Crippen molar-refractivity contribution in [2.75, 3.05) is 25.0 Å². The molecular weight excluding hydrogens is 216 g/mol. The van der Waals surface area contributed by atoms with Crippen LogP contribution in [0.15, 0.2) is 18.2 Å². The smallest absolute Gasteiger partial charge is 0.239 e. The number of hydrogen-bond acceptors (Lipinski definition) is 3. The summed E-state index contributed by atoms with van der Waals surface area (Å²) in [6.07, 6.45) is 0.896. The summed E-state index contributed by atoms with van der Waals surface area (Å²) in [6.45, 7) is 2.78. The lowest BCUT2D eigenvalue weighted by atomic mass is 10.1. The van der Waals surface area contributed by atoms with Crippen molar-refractivity contribution in [2.24, 2.45) is 0 Å². The van der Waals surface area contributed by atoms with Gasteiger partial charge in [0, 0.05) is 24.8 Å². The molecule has 90 valence electrons. The topological polar surface area (TPSA) is 49.4 Å². The standard InChI is InChI=1S/C13H16N2O2/c1-9(16)10-3-4-12-11(7-10)5-6-15(12)8-13(17)14-2/h3-4,7H,5-6,8H2,1-2H3,(H,14,17). The van der Waals surface area contributed by atoms with Crippen LogP contribution in [0.1, 0.15) is 22.8 Å². The van der Waals surface area contributed by atoms with Crippen LogP contribution in [-0.4, -0.2) is 31.8 Å². The van der Waals surface area contributed by atoms with Crippen LogP contribution in [0, 0.1) is 0 Å². The van der Waals surface area contributed by atoms with Crippen LogP contribution < -0.4 is 10.2 Å². The number of benzene rings is 1. The number of rotatable bonds is 3. The molecule has 1 aliphatic rings. The minimum atomic E-state index is 0.00787. The fourth-order valence-corrected chi connectivity index (χ4v) is 2.11. The van der Waals surface area contributed by atoms with E-state index in [2.05, 4.69) is 5.32 Å². The van der Waals surface area contributed by atoms with Crippen LogP contribution >= 0.6 is 0 Å². The summed E-state index contributed by atoms with van der Waals surface area (Å²) in [7, 11) is 1.64. The van der Waals surface area contributed by atoms with Gasteiger partial charge in [0.25, 0.3) is 0 Å². The van der Waals surface area contributed by atoms with Gasteiger partial charge in [0.2, 0.25) is 5.91 Å². The maximum atomic E-state index is 11.3. The third-order valence-electron chi connectivity index (χ3n) is 3.09. The fraction of sp³-hybridized carbons (Fsp3) is 0.385. The second-order valence-corrected chi connectivity index (χ2v) is 4.24. The normalized spacial score (nSPS) is 13.4. The number of likely N-dealkylation sites (N-methyl/N-ethyl adjacent to an activating group) is 1. The molecule has 0 aromatic heterocycles. The molecule has 1 aliphatic heterocycles. The molecule has 4 heteroatoms. The first-order valence-corrected chi connectivity index (χ1v) is 5.71. The zero-order chi connectivity index (χ0) is 12.4. The minimum absolute atomic E-state index is 0.00787. The second kappa shape index (κ2) is 4.57. The molecule has 1 heterocycles. The van der Waals surface area contributed by atoms with Gasteiger partial charge in [0.05, 0.1) is 6.54 Å². The van der Waals surface area contributed by atoms with Crippen LogP contribution in [0.3, 0.4) is 0 Å². The van der Waals surface area contributed by atoms with Crippen molar-refractivity contribution < 1.29 is 9.59 Å². The first kappa shape index (κ1) is 11.6. The second-order valence-electron chi connectivity index (χ2n) is 4.24. The average Bonchev–Trinajstić information content (AvgIpc) is 2.71. The molecule has 1 aromatic carbocycles. The monoisotopic (exact) mass is 232 g/mol. The number of Topliss-reactive ketones (excluding diaryl/α,β-unsaturated/α-hetero) is 1. The van der Waals surface area contributed by atoms with Crippen molar-refractivity contribution in [3.05, 3.63) is 29.3 Å². The van der Waals surface area contributed by atoms with Crippen LogP contribution in [0.4, 0.5) is 5.69 Å². The molecule has 0 spiro atoms. The largest absolute Gasteiger partial charge is 0.362 e. The SMILES string of the molecule is CNC(=O)CN1CCc2cc(C(C)=O)ccc21. The maximum absolute atomic E-state index is 11.3. The summed E-state index contributed by atoms with van der Waals surface area (Å²) in [5.74, 6) is 0.0889. The van der Waals surface area contributed by atoms with Crippen LogP contribution in [0.2, 0.25) is 0 Å². The number of hydrogen-bond donors (Lipinski definition) is 1. The van der Waals surface area contributed by atoms with Crippen LogP contribution in [0.5, 0.6) is 0 Å². The van der Waals surface area contributed by atoms with E-state index < -0.39 is 0 Å². The molecule has 0 radical (unpaired) electrons. The molecule has 1 aromatic rings. The van der Waals surface area contributed by atoms with Crippen molar-refractivity contribution >= 4 is 17.4 Å². The predicted octanol–water partition coefficient (Wildman–Crippen LogP) is 0.998. The summed E-state index contributed by atoms with van der Waals surface area (Å²) in [5.41, 5.74) is 2.96. The van der Waals surface area contributed by atoms with Gasteiger partial charge >= 0.3 is 0 Å². The predicted molar refractivity (Wildman–Crippen MR) is 66.4 cm³/mol. The molecule has 4 nitrogen and oxygen atoms in total. The average molecular weight is 232 g/mol. The zero-order valence-corrected chi connectivity index (χ0v) is 10.1. The molecule has 0 unspecified atom stereocenters. The third-order valence-corrected chi connectivity index (χ3v) is 3.09. The lowest BCUT2D eigenvalue weighted by Crippen LogP contribution is -2.34. The maximum Gasteiger partial charge on any atom is 0.239 e. The lowest BCUT2D eigenvalue weighted by molar-refractivity contribution is -0.119.